The molecule has 11 heavy (non-hydrogen) atoms. The Hall–Kier alpha value is -0.0800. The van der Waals surface area contributed by atoms with E-state index >= 15 is 0 Å². The quantitative estimate of drug-likeness (QED) is 0.585. The highest BCUT2D eigenvalue weighted by molar-refractivity contribution is 4.59. The van der Waals surface area contributed by atoms with Crippen molar-refractivity contribution >= 4 is 0 Å². The SMILES string of the molecule is CCCN(C)C[C@H](CC)OC. The summed E-state index contributed by atoms with van der Waals surface area (Å²) in [7, 11) is 3.93. The Labute approximate surface area is 70.5 Å². The predicted octanol–water partition coefficient (Wildman–Crippen LogP) is 1.75. The van der Waals surface area contributed by atoms with Gasteiger partial charge in [0.25, 0.3) is 0 Å². The van der Waals surface area contributed by atoms with Gasteiger partial charge in [0.2, 0.25) is 0 Å². The lowest BCUT2D eigenvalue weighted by Crippen LogP contribution is -2.30. The van der Waals surface area contributed by atoms with Gasteiger partial charge in [-0.25, -0.2) is 0 Å². The van der Waals surface area contributed by atoms with Crippen LogP contribution < -0.4 is 0 Å². The van der Waals surface area contributed by atoms with Gasteiger partial charge in [0.05, 0.1) is 6.10 Å². The predicted molar refractivity (Wildman–Crippen MR) is 48.9 cm³/mol. The topological polar surface area (TPSA) is 12.5 Å². The average Bonchev–Trinajstić information content (AvgIpc) is 2.01. The minimum atomic E-state index is 0.409. The van der Waals surface area contributed by atoms with Gasteiger partial charge in [0.15, 0.2) is 0 Å². The van der Waals surface area contributed by atoms with Crippen LogP contribution in [0.1, 0.15) is 26.7 Å². The number of hydrogen-bond acceptors (Lipinski definition) is 2. The number of likely N-dealkylation sites (N-methyl/N-ethyl adjacent to an activating group) is 1. The summed E-state index contributed by atoms with van der Waals surface area (Å²) in [4.78, 5) is 2.32. The fraction of sp³-hybridized carbons (Fsp3) is 1.00. The molecule has 0 aliphatic carbocycles. The molecule has 0 N–H and O–H groups in total. The lowest BCUT2D eigenvalue weighted by Gasteiger charge is -2.21. The van der Waals surface area contributed by atoms with Crippen molar-refractivity contribution in [2.24, 2.45) is 0 Å². The third-order valence-electron chi connectivity index (χ3n) is 1.91. The smallest absolute Gasteiger partial charge is 0.0695 e. The Kier molecular flexibility index (Phi) is 6.57. The summed E-state index contributed by atoms with van der Waals surface area (Å²) in [5.41, 5.74) is 0. The third kappa shape index (κ3) is 5.22. The number of nitrogens with zero attached hydrogens (tertiary/aromatic N) is 1. The minimum absolute atomic E-state index is 0.409. The molecule has 0 saturated heterocycles. The molecule has 1 atom stereocenters. The molecule has 0 saturated carbocycles. The zero-order valence-corrected chi connectivity index (χ0v) is 8.26. The van der Waals surface area contributed by atoms with Crippen LogP contribution in [-0.2, 0) is 4.74 Å². The van der Waals surface area contributed by atoms with Gasteiger partial charge in [0.1, 0.15) is 0 Å². The Morgan fingerprint density at radius 2 is 2.00 bits per heavy atom. The molecule has 2 heteroatoms. The molecule has 2 nitrogen and oxygen atoms in total. The molecule has 0 amide bonds. The molecule has 0 radical (unpaired) electrons. The highest BCUT2D eigenvalue weighted by Crippen LogP contribution is 1.98. The largest absolute Gasteiger partial charge is 0.380 e. The third-order valence-corrected chi connectivity index (χ3v) is 1.91. The van der Waals surface area contributed by atoms with E-state index in [0.717, 1.165) is 13.0 Å². The summed E-state index contributed by atoms with van der Waals surface area (Å²) < 4.78 is 5.27. The molecule has 0 unspecified atom stereocenters. The van der Waals surface area contributed by atoms with Crippen molar-refractivity contribution < 1.29 is 4.74 Å². The zero-order valence-electron chi connectivity index (χ0n) is 8.26. The van der Waals surface area contributed by atoms with E-state index in [2.05, 4.69) is 25.8 Å². The minimum Gasteiger partial charge on any atom is -0.380 e. The van der Waals surface area contributed by atoms with Gasteiger partial charge >= 0.3 is 0 Å². The van der Waals surface area contributed by atoms with Gasteiger partial charge in [-0.2, -0.15) is 0 Å². The molecule has 0 aromatic carbocycles. The second-order valence-corrected chi connectivity index (χ2v) is 3.03. The Balaban J connectivity index is 3.44. The van der Waals surface area contributed by atoms with Gasteiger partial charge in [-0.15, -0.1) is 0 Å². The Bertz CT molecular complexity index is 81.6. The van der Waals surface area contributed by atoms with Crippen molar-refractivity contribution in [3.8, 4) is 0 Å². The fourth-order valence-electron chi connectivity index (χ4n) is 1.19. The number of ether oxygens (including phenoxy) is 1. The number of rotatable bonds is 6. The summed E-state index contributed by atoms with van der Waals surface area (Å²) in [6.07, 6.45) is 2.73. The lowest BCUT2D eigenvalue weighted by molar-refractivity contribution is 0.0692. The van der Waals surface area contributed by atoms with E-state index in [1.165, 1.54) is 13.0 Å². The average molecular weight is 159 g/mol. The van der Waals surface area contributed by atoms with Gasteiger partial charge in [-0.05, 0) is 26.4 Å². The second-order valence-electron chi connectivity index (χ2n) is 3.03. The van der Waals surface area contributed by atoms with Crippen LogP contribution >= 0.6 is 0 Å². The van der Waals surface area contributed by atoms with E-state index in [0.29, 0.717) is 6.10 Å². The first-order valence-electron chi connectivity index (χ1n) is 4.45. The maximum Gasteiger partial charge on any atom is 0.0695 e. The molecular weight excluding hydrogens is 138 g/mol. The van der Waals surface area contributed by atoms with E-state index < -0.39 is 0 Å². The summed E-state index contributed by atoms with van der Waals surface area (Å²) in [5, 5.41) is 0. The molecule has 0 fully saturated rings. The molecule has 0 aromatic heterocycles. The first kappa shape index (κ1) is 10.9. The molecule has 0 aromatic rings. The molecule has 0 aliphatic heterocycles. The fourth-order valence-corrected chi connectivity index (χ4v) is 1.19. The molecule has 0 heterocycles. The van der Waals surface area contributed by atoms with E-state index in [-0.39, 0.29) is 0 Å². The lowest BCUT2D eigenvalue weighted by atomic mass is 10.2. The highest BCUT2D eigenvalue weighted by atomic mass is 16.5. The standard InChI is InChI=1S/C9H21NO/c1-5-7-10(3)8-9(6-2)11-4/h9H,5-8H2,1-4H3/t9-/m0/s1. The molecule has 0 spiro atoms. The van der Waals surface area contributed by atoms with Crippen molar-refractivity contribution in [1.82, 2.24) is 4.90 Å². The van der Waals surface area contributed by atoms with Crippen LogP contribution in [0.3, 0.4) is 0 Å². The van der Waals surface area contributed by atoms with Gasteiger partial charge in [-0.1, -0.05) is 13.8 Å². The van der Waals surface area contributed by atoms with E-state index in [4.69, 9.17) is 4.74 Å². The Morgan fingerprint density at radius 1 is 1.36 bits per heavy atom. The first-order valence-corrected chi connectivity index (χ1v) is 4.45. The highest BCUT2D eigenvalue weighted by Gasteiger charge is 2.06. The van der Waals surface area contributed by atoms with Crippen LogP contribution in [0, 0.1) is 0 Å². The summed E-state index contributed by atoms with van der Waals surface area (Å²) >= 11 is 0. The number of methoxy groups -OCH3 is 1. The molecule has 0 rings (SSSR count). The first-order chi connectivity index (χ1) is 5.24. The van der Waals surface area contributed by atoms with Crippen molar-refractivity contribution in [3.63, 3.8) is 0 Å². The molecule has 0 aliphatic rings. The summed E-state index contributed by atoms with van der Waals surface area (Å²) in [6, 6.07) is 0. The second kappa shape index (κ2) is 6.62. The van der Waals surface area contributed by atoms with E-state index in [9.17, 15) is 0 Å². The van der Waals surface area contributed by atoms with Crippen molar-refractivity contribution in [1.29, 1.82) is 0 Å². The zero-order chi connectivity index (χ0) is 8.69. The van der Waals surface area contributed by atoms with Crippen LogP contribution in [0.2, 0.25) is 0 Å². The van der Waals surface area contributed by atoms with Gasteiger partial charge < -0.3 is 9.64 Å². The summed E-state index contributed by atoms with van der Waals surface area (Å²) in [5.74, 6) is 0. The van der Waals surface area contributed by atoms with Crippen LogP contribution in [-0.4, -0.2) is 38.3 Å². The summed E-state index contributed by atoms with van der Waals surface area (Å²) in [6.45, 7) is 6.58. The van der Waals surface area contributed by atoms with Crippen LogP contribution in [0.5, 0.6) is 0 Å². The van der Waals surface area contributed by atoms with Crippen LogP contribution in [0.25, 0.3) is 0 Å². The molecule has 0 bridgehead atoms. The maximum atomic E-state index is 5.27. The van der Waals surface area contributed by atoms with Crippen molar-refractivity contribution in [2.75, 3.05) is 27.2 Å². The number of hydrogen-bond donors (Lipinski definition) is 0. The van der Waals surface area contributed by atoms with Gasteiger partial charge in [-0.3, -0.25) is 0 Å². The molecule has 68 valence electrons. The van der Waals surface area contributed by atoms with Gasteiger partial charge in [0, 0.05) is 13.7 Å². The van der Waals surface area contributed by atoms with E-state index in [1.54, 1.807) is 7.11 Å². The Morgan fingerprint density at radius 3 is 2.36 bits per heavy atom. The van der Waals surface area contributed by atoms with Crippen LogP contribution in [0.15, 0.2) is 0 Å². The maximum absolute atomic E-state index is 5.27. The molecular formula is C9H21NO. The monoisotopic (exact) mass is 159 g/mol. The van der Waals surface area contributed by atoms with E-state index in [1.807, 2.05) is 0 Å². The van der Waals surface area contributed by atoms with Crippen molar-refractivity contribution in [2.45, 2.75) is 32.8 Å². The normalized spacial score (nSPS) is 13.9. The van der Waals surface area contributed by atoms with Crippen molar-refractivity contribution in [3.05, 3.63) is 0 Å². The van der Waals surface area contributed by atoms with Crippen LogP contribution in [0.4, 0.5) is 0 Å².